The van der Waals surface area contributed by atoms with E-state index in [1.165, 1.54) is 10.4 Å². The van der Waals surface area contributed by atoms with E-state index < -0.39 is 0 Å². The van der Waals surface area contributed by atoms with Crippen molar-refractivity contribution in [1.82, 2.24) is 14.6 Å². The minimum atomic E-state index is 0.870. The molecule has 3 rings (SSSR count). The Labute approximate surface area is 116 Å². The van der Waals surface area contributed by atoms with Crippen molar-refractivity contribution in [1.29, 1.82) is 0 Å². The maximum Gasteiger partial charge on any atom is 0.157 e. The number of fused-ring (bicyclic) bond motifs is 1. The number of thiophene rings is 1. The topological polar surface area (TPSA) is 42.7 Å². The average molecular weight is 272 g/mol. The number of aromatic nitrogens is 3. The smallest absolute Gasteiger partial charge is 0.157 e. The van der Waals surface area contributed by atoms with E-state index in [4.69, 9.17) is 0 Å². The van der Waals surface area contributed by atoms with Crippen molar-refractivity contribution >= 4 is 27.4 Å². The van der Waals surface area contributed by atoms with E-state index in [-0.39, 0.29) is 0 Å². The highest BCUT2D eigenvalue weighted by Gasteiger charge is 2.12. The second-order valence-electron chi connectivity index (χ2n) is 4.75. The van der Waals surface area contributed by atoms with Crippen molar-refractivity contribution in [3.63, 3.8) is 0 Å². The van der Waals surface area contributed by atoms with Crippen LogP contribution in [0.15, 0.2) is 18.5 Å². The first-order valence-electron chi connectivity index (χ1n) is 6.20. The fraction of sp³-hybridized carbons (Fsp3) is 0.286. The molecule has 4 nitrogen and oxygen atoms in total. The molecule has 0 saturated carbocycles. The number of nitrogens with zero attached hydrogens (tertiary/aromatic N) is 3. The van der Waals surface area contributed by atoms with Gasteiger partial charge in [0.1, 0.15) is 11.2 Å². The predicted molar refractivity (Wildman–Crippen MR) is 79.8 cm³/mol. The molecule has 0 unspecified atom stereocenters. The molecule has 0 aliphatic rings. The first-order valence-corrected chi connectivity index (χ1v) is 7.02. The van der Waals surface area contributed by atoms with Crippen LogP contribution in [0.1, 0.15) is 21.8 Å². The lowest BCUT2D eigenvalue weighted by Gasteiger charge is -2.12. The molecule has 19 heavy (non-hydrogen) atoms. The summed E-state index contributed by atoms with van der Waals surface area (Å²) in [4.78, 5) is 11.1. The molecule has 0 atom stereocenters. The Morgan fingerprint density at radius 1 is 1.05 bits per heavy atom. The molecular formula is C14H16N4S. The van der Waals surface area contributed by atoms with Crippen LogP contribution in [0.25, 0.3) is 10.2 Å². The fourth-order valence-corrected chi connectivity index (χ4v) is 3.21. The fourth-order valence-electron chi connectivity index (χ4n) is 2.22. The average Bonchev–Trinajstić information content (AvgIpc) is 2.85. The van der Waals surface area contributed by atoms with Gasteiger partial charge in [0.15, 0.2) is 5.82 Å². The summed E-state index contributed by atoms with van der Waals surface area (Å²) >= 11 is 1.71. The molecule has 98 valence electrons. The summed E-state index contributed by atoms with van der Waals surface area (Å²) in [5.74, 6) is 0.870. The van der Waals surface area contributed by atoms with Crippen LogP contribution >= 0.6 is 11.3 Å². The first kappa shape index (κ1) is 12.2. The van der Waals surface area contributed by atoms with E-state index in [1.54, 1.807) is 17.7 Å². The van der Waals surface area contributed by atoms with Gasteiger partial charge in [-0.2, -0.15) is 0 Å². The van der Waals surface area contributed by atoms with Crippen LogP contribution in [0.4, 0.5) is 5.82 Å². The Balaban J connectivity index is 2.16. The standard InChI is InChI=1S/C14H16N4S/c1-8-5-6-9(2)18(8)17-13-12-10(3)11(4)19-14(12)16-7-15-13/h5-7H,1-4H3,(H,15,16,17). The summed E-state index contributed by atoms with van der Waals surface area (Å²) in [6, 6.07) is 4.18. The van der Waals surface area contributed by atoms with Crippen LogP contribution in [-0.2, 0) is 0 Å². The van der Waals surface area contributed by atoms with E-state index in [0.29, 0.717) is 0 Å². The number of nitrogens with one attached hydrogen (secondary N) is 1. The quantitative estimate of drug-likeness (QED) is 0.775. The van der Waals surface area contributed by atoms with Crippen LogP contribution < -0.4 is 5.43 Å². The Kier molecular flexibility index (Phi) is 2.78. The molecule has 0 spiro atoms. The SMILES string of the molecule is Cc1sc2ncnc(Nn3c(C)ccc3C)c2c1C. The molecule has 3 aromatic rings. The molecule has 3 aromatic heterocycles. The molecule has 3 heterocycles. The predicted octanol–water partition coefficient (Wildman–Crippen LogP) is 3.60. The molecule has 0 aliphatic carbocycles. The molecule has 0 amide bonds. The highest BCUT2D eigenvalue weighted by Crippen LogP contribution is 2.32. The summed E-state index contributed by atoms with van der Waals surface area (Å²) in [6.45, 7) is 8.39. The summed E-state index contributed by atoms with van der Waals surface area (Å²) in [7, 11) is 0. The Morgan fingerprint density at radius 3 is 2.42 bits per heavy atom. The van der Waals surface area contributed by atoms with Gasteiger partial charge < -0.3 is 0 Å². The van der Waals surface area contributed by atoms with Crippen LogP contribution in [0, 0.1) is 27.7 Å². The van der Waals surface area contributed by atoms with Crippen molar-refractivity contribution in [3.05, 3.63) is 40.3 Å². The summed E-state index contributed by atoms with van der Waals surface area (Å²) in [6.07, 6.45) is 1.62. The molecule has 0 aliphatic heterocycles. The van der Waals surface area contributed by atoms with Crippen molar-refractivity contribution in [3.8, 4) is 0 Å². The second-order valence-corrected chi connectivity index (χ2v) is 5.95. The molecule has 0 radical (unpaired) electrons. The Morgan fingerprint density at radius 2 is 1.74 bits per heavy atom. The zero-order valence-electron chi connectivity index (χ0n) is 11.5. The van der Waals surface area contributed by atoms with Gasteiger partial charge >= 0.3 is 0 Å². The van der Waals surface area contributed by atoms with E-state index >= 15 is 0 Å². The van der Waals surface area contributed by atoms with Gasteiger partial charge in [-0.05, 0) is 45.4 Å². The zero-order valence-corrected chi connectivity index (χ0v) is 12.3. The molecule has 0 bridgehead atoms. The molecule has 0 saturated heterocycles. The monoisotopic (exact) mass is 272 g/mol. The van der Waals surface area contributed by atoms with Crippen molar-refractivity contribution in [2.45, 2.75) is 27.7 Å². The molecular weight excluding hydrogens is 256 g/mol. The maximum atomic E-state index is 4.40. The molecule has 1 N–H and O–H groups in total. The maximum absolute atomic E-state index is 4.40. The third-order valence-corrected chi connectivity index (χ3v) is 4.57. The number of anilines is 1. The van der Waals surface area contributed by atoms with Crippen LogP contribution in [0.2, 0.25) is 0 Å². The highest BCUT2D eigenvalue weighted by atomic mass is 32.1. The van der Waals surface area contributed by atoms with Gasteiger partial charge in [0.05, 0.1) is 5.39 Å². The van der Waals surface area contributed by atoms with Gasteiger partial charge in [0, 0.05) is 16.3 Å². The van der Waals surface area contributed by atoms with E-state index in [1.807, 2.05) is 4.68 Å². The summed E-state index contributed by atoms with van der Waals surface area (Å²) < 4.78 is 2.05. The minimum absolute atomic E-state index is 0.870. The molecule has 5 heteroatoms. The normalized spacial score (nSPS) is 11.2. The zero-order chi connectivity index (χ0) is 13.6. The van der Waals surface area contributed by atoms with Crippen LogP contribution in [-0.4, -0.2) is 14.6 Å². The lowest BCUT2D eigenvalue weighted by atomic mass is 10.2. The lowest BCUT2D eigenvalue weighted by Crippen LogP contribution is -2.13. The number of aryl methyl sites for hydroxylation is 4. The van der Waals surface area contributed by atoms with E-state index in [0.717, 1.165) is 27.4 Å². The van der Waals surface area contributed by atoms with Crippen LogP contribution in [0.5, 0.6) is 0 Å². The van der Waals surface area contributed by atoms with E-state index in [2.05, 4.69) is 55.2 Å². The highest BCUT2D eigenvalue weighted by molar-refractivity contribution is 7.18. The minimum Gasteiger partial charge on any atom is -0.277 e. The van der Waals surface area contributed by atoms with Gasteiger partial charge in [-0.25, -0.2) is 9.97 Å². The summed E-state index contributed by atoms with van der Waals surface area (Å²) in [5.41, 5.74) is 6.97. The summed E-state index contributed by atoms with van der Waals surface area (Å²) in [5, 5.41) is 1.12. The van der Waals surface area contributed by atoms with Gasteiger partial charge in [-0.15, -0.1) is 11.3 Å². The van der Waals surface area contributed by atoms with Crippen molar-refractivity contribution < 1.29 is 0 Å². The third-order valence-electron chi connectivity index (χ3n) is 3.45. The third kappa shape index (κ3) is 1.90. The van der Waals surface area contributed by atoms with Gasteiger partial charge in [0.25, 0.3) is 0 Å². The largest absolute Gasteiger partial charge is 0.277 e. The second kappa shape index (κ2) is 4.35. The van der Waals surface area contributed by atoms with Crippen molar-refractivity contribution in [2.24, 2.45) is 0 Å². The Bertz CT molecular complexity index is 735. The molecule has 0 aromatic carbocycles. The Hall–Kier alpha value is -1.88. The number of hydrogen-bond acceptors (Lipinski definition) is 4. The first-order chi connectivity index (χ1) is 9.08. The number of hydrogen-bond donors (Lipinski definition) is 1. The number of rotatable bonds is 2. The van der Waals surface area contributed by atoms with Gasteiger partial charge in [-0.1, -0.05) is 0 Å². The van der Waals surface area contributed by atoms with Crippen molar-refractivity contribution in [2.75, 3.05) is 5.43 Å². The molecule has 0 fully saturated rings. The lowest BCUT2D eigenvalue weighted by molar-refractivity contribution is 0.872. The van der Waals surface area contributed by atoms with Crippen LogP contribution in [0.3, 0.4) is 0 Å². The van der Waals surface area contributed by atoms with E-state index in [9.17, 15) is 0 Å². The van der Waals surface area contributed by atoms with Gasteiger partial charge in [0.2, 0.25) is 0 Å². The van der Waals surface area contributed by atoms with Gasteiger partial charge in [-0.3, -0.25) is 10.1 Å².